The molecule has 0 bridgehead atoms. The van der Waals surface area contributed by atoms with Crippen LogP contribution in [0.3, 0.4) is 0 Å². The van der Waals surface area contributed by atoms with Crippen molar-refractivity contribution in [3.63, 3.8) is 0 Å². The zero-order valence-corrected chi connectivity index (χ0v) is 13.6. The molecule has 1 atom stereocenters. The number of nitrogens with zero attached hydrogens (tertiary/aromatic N) is 1. The maximum absolute atomic E-state index is 12.5. The monoisotopic (exact) mass is 330 g/mol. The summed E-state index contributed by atoms with van der Waals surface area (Å²) >= 11 is 1.61. The molecule has 2 amide bonds. The van der Waals surface area contributed by atoms with Crippen molar-refractivity contribution < 1.29 is 14.3 Å². The molecule has 0 saturated carbocycles. The number of hydrogen-bond donors (Lipinski definition) is 1. The summed E-state index contributed by atoms with van der Waals surface area (Å²) < 4.78 is 4.90. The highest BCUT2D eigenvalue weighted by Gasteiger charge is 2.37. The van der Waals surface area contributed by atoms with Gasteiger partial charge in [-0.2, -0.15) is 0 Å². The van der Waals surface area contributed by atoms with E-state index in [1.165, 1.54) is 7.11 Å². The second kappa shape index (κ2) is 6.83. The summed E-state index contributed by atoms with van der Waals surface area (Å²) in [6, 6.07) is 10.7. The Balaban J connectivity index is 1.75. The van der Waals surface area contributed by atoms with E-state index in [1.54, 1.807) is 16.2 Å². The molecule has 3 rings (SSSR count). The highest BCUT2D eigenvalue weighted by Crippen LogP contribution is 2.34. The second-order valence-corrected chi connectivity index (χ2v) is 6.31. The van der Waals surface area contributed by atoms with Crippen LogP contribution in [0.1, 0.15) is 22.0 Å². The van der Waals surface area contributed by atoms with Crippen LogP contribution in [0.5, 0.6) is 0 Å². The Morgan fingerprint density at radius 1 is 1.30 bits per heavy atom. The van der Waals surface area contributed by atoms with E-state index in [0.717, 1.165) is 22.4 Å². The van der Waals surface area contributed by atoms with E-state index in [9.17, 15) is 9.59 Å². The van der Waals surface area contributed by atoms with Crippen molar-refractivity contribution >= 4 is 23.3 Å². The van der Waals surface area contributed by atoms with Gasteiger partial charge in [-0.05, 0) is 29.0 Å². The van der Waals surface area contributed by atoms with E-state index >= 15 is 0 Å². The second-order valence-electron chi connectivity index (χ2n) is 5.31. The van der Waals surface area contributed by atoms with Crippen LogP contribution >= 0.6 is 11.3 Å². The van der Waals surface area contributed by atoms with E-state index in [2.05, 4.69) is 5.32 Å². The molecule has 1 aromatic heterocycles. The quantitative estimate of drug-likeness (QED) is 0.881. The number of rotatable bonds is 3. The van der Waals surface area contributed by atoms with E-state index < -0.39 is 12.0 Å². The Morgan fingerprint density at radius 2 is 2.09 bits per heavy atom. The van der Waals surface area contributed by atoms with Crippen molar-refractivity contribution in [3.05, 3.63) is 57.8 Å². The third-order valence-electron chi connectivity index (χ3n) is 3.94. The Morgan fingerprint density at radius 3 is 2.83 bits per heavy atom. The maximum atomic E-state index is 12.5. The molecular formula is C17H18N2O3S. The molecule has 1 N–H and O–H groups in total. The number of nitrogens with one attached hydrogen (secondary N) is 1. The predicted molar refractivity (Wildman–Crippen MR) is 88.2 cm³/mol. The number of carbonyl (C=O) groups is 2. The lowest BCUT2D eigenvalue weighted by molar-refractivity contribution is -0.146. The largest absolute Gasteiger partial charge is 0.467 e. The van der Waals surface area contributed by atoms with Gasteiger partial charge in [-0.25, -0.2) is 9.59 Å². The molecule has 0 aliphatic carbocycles. The molecule has 0 radical (unpaired) electrons. The van der Waals surface area contributed by atoms with Gasteiger partial charge in [0, 0.05) is 18.0 Å². The maximum Gasteiger partial charge on any atom is 0.333 e. The number of urea groups is 1. The molecule has 0 fully saturated rings. The minimum Gasteiger partial charge on any atom is -0.467 e. The first kappa shape index (κ1) is 15.6. The first-order valence-corrected chi connectivity index (χ1v) is 8.31. The lowest BCUT2D eigenvalue weighted by atomic mass is 10.0. The number of methoxy groups -OCH3 is 1. The zero-order chi connectivity index (χ0) is 16.2. The van der Waals surface area contributed by atoms with Crippen LogP contribution in [-0.4, -0.2) is 30.6 Å². The van der Waals surface area contributed by atoms with Crippen LogP contribution in [0.15, 0.2) is 41.8 Å². The number of thiophene rings is 1. The summed E-state index contributed by atoms with van der Waals surface area (Å²) in [5, 5.41) is 4.83. The van der Waals surface area contributed by atoms with Gasteiger partial charge in [-0.3, -0.25) is 0 Å². The molecule has 6 heteroatoms. The highest BCUT2D eigenvalue weighted by molar-refractivity contribution is 7.10. The zero-order valence-electron chi connectivity index (χ0n) is 12.8. The van der Waals surface area contributed by atoms with Gasteiger partial charge in [0.25, 0.3) is 0 Å². The van der Waals surface area contributed by atoms with Gasteiger partial charge in [-0.1, -0.05) is 30.3 Å². The van der Waals surface area contributed by atoms with Gasteiger partial charge in [0.1, 0.15) is 0 Å². The van der Waals surface area contributed by atoms with Crippen molar-refractivity contribution in [3.8, 4) is 0 Å². The minimum atomic E-state index is -0.661. The van der Waals surface area contributed by atoms with Crippen LogP contribution in [-0.2, 0) is 22.5 Å². The fourth-order valence-corrected chi connectivity index (χ4v) is 3.68. The summed E-state index contributed by atoms with van der Waals surface area (Å²) in [5.41, 5.74) is 1.90. The van der Waals surface area contributed by atoms with Crippen molar-refractivity contribution in [2.75, 3.05) is 13.7 Å². The van der Waals surface area contributed by atoms with Crippen molar-refractivity contribution in [2.45, 2.75) is 19.0 Å². The van der Waals surface area contributed by atoms with E-state index in [-0.39, 0.29) is 6.03 Å². The van der Waals surface area contributed by atoms with E-state index in [1.807, 2.05) is 41.8 Å². The number of carbonyl (C=O) groups excluding carboxylic acids is 2. The van der Waals surface area contributed by atoms with Crippen molar-refractivity contribution in [2.24, 2.45) is 0 Å². The summed E-state index contributed by atoms with van der Waals surface area (Å²) in [4.78, 5) is 27.4. The van der Waals surface area contributed by atoms with E-state index in [0.29, 0.717) is 13.1 Å². The first-order valence-electron chi connectivity index (χ1n) is 7.43. The van der Waals surface area contributed by atoms with Crippen molar-refractivity contribution in [1.82, 2.24) is 10.2 Å². The standard InChI is InChI=1S/C17H18N2O3S/c1-22-16(20)15-13-8-10-23-14(13)7-9-19(15)17(21)18-11-12-5-3-2-4-6-12/h2-6,8,10,15H,7,9,11H2,1H3,(H,18,21). The summed E-state index contributed by atoms with van der Waals surface area (Å²) in [6.07, 6.45) is 0.763. The van der Waals surface area contributed by atoms with Crippen LogP contribution in [0, 0.1) is 0 Å². The molecule has 2 heterocycles. The third-order valence-corrected chi connectivity index (χ3v) is 4.93. The molecule has 1 aliphatic heterocycles. The number of amides is 2. The molecule has 5 nitrogen and oxygen atoms in total. The Hall–Kier alpha value is -2.34. The molecule has 1 unspecified atom stereocenters. The molecular weight excluding hydrogens is 312 g/mol. The highest BCUT2D eigenvalue weighted by atomic mass is 32.1. The normalized spacial score (nSPS) is 16.6. The molecule has 0 spiro atoms. The molecule has 2 aromatic rings. The fraction of sp³-hybridized carbons (Fsp3) is 0.294. The number of esters is 1. The SMILES string of the molecule is COC(=O)C1c2ccsc2CCN1C(=O)NCc1ccccc1. The van der Waals surface area contributed by atoms with Gasteiger partial charge in [0.15, 0.2) is 6.04 Å². The summed E-state index contributed by atoms with van der Waals surface area (Å²) in [6.45, 7) is 0.939. The Labute approximate surface area is 138 Å². The average Bonchev–Trinajstić information content (AvgIpc) is 3.07. The van der Waals surface area contributed by atoms with Gasteiger partial charge < -0.3 is 15.0 Å². The van der Waals surface area contributed by atoms with Crippen molar-refractivity contribution in [1.29, 1.82) is 0 Å². The van der Waals surface area contributed by atoms with Crippen LogP contribution < -0.4 is 5.32 Å². The van der Waals surface area contributed by atoms with Gasteiger partial charge in [0.05, 0.1) is 7.11 Å². The van der Waals surface area contributed by atoms with Gasteiger partial charge in [0.2, 0.25) is 0 Å². The molecule has 1 aromatic carbocycles. The molecule has 23 heavy (non-hydrogen) atoms. The van der Waals surface area contributed by atoms with Gasteiger partial charge in [-0.15, -0.1) is 11.3 Å². The molecule has 120 valence electrons. The smallest absolute Gasteiger partial charge is 0.333 e. The summed E-state index contributed by atoms with van der Waals surface area (Å²) in [7, 11) is 1.35. The van der Waals surface area contributed by atoms with E-state index in [4.69, 9.17) is 4.74 Å². The number of benzene rings is 1. The van der Waals surface area contributed by atoms with Crippen LogP contribution in [0.25, 0.3) is 0 Å². The lowest BCUT2D eigenvalue weighted by Crippen LogP contribution is -2.47. The Bertz CT molecular complexity index is 699. The number of fused-ring (bicyclic) bond motifs is 1. The molecule has 1 aliphatic rings. The third kappa shape index (κ3) is 3.22. The van der Waals surface area contributed by atoms with Gasteiger partial charge >= 0.3 is 12.0 Å². The number of ether oxygens (including phenoxy) is 1. The average molecular weight is 330 g/mol. The Kier molecular flexibility index (Phi) is 4.62. The first-order chi connectivity index (χ1) is 11.2. The lowest BCUT2D eigenvalue weighted by Gasteiger charge is -2.33. The predicted octanol–water partition coefficient (Wildman–Crippen LogP) is 2.73. The topological polar surface area (TPSA) is 58.6 Å². The number of hydrogen-bond acceptors (Lipinski definition) is 4. The fourth-order valence-electron chi connectivity index (χ4n) is 2.78. The van der Waals surface area contributed by atoms with Crippen LogP contribution in [0.2, 0.25) is 0 Å². The summed E-state index contributed by atoms with van der Waals surface area (Å²) in [5.74, 6) is -0.404. The minimum absolute atomic E-state index is 0.249. The van der Waals surface area contributed by atoms with Crippen LogP contribution in [0.4, 0.5) is 4.79 Å². The molecule has 0 saturated heterocycles.